The Morgan fingerprint density at radius 3 is 2.60 bits per heavy atom. The number of methoxy groups -OCH3 is 1. The van der Waals surface area contributed by atoms with E-state index < -0.39 is 0 Å². The fraction of sp³-hybridized carbons (Fsp3) is 0.480. The van der Waals surface area contributed by atoms with Gasteiger partial charge in [0.1, 0.15) is 0 Å². The van der Waals surface area contributed by atoms with Gasteiger partial charge in [0.2, 0.25) is 5.91 Å². The molecule has 2 aromatic rings. The van der Waals surface area contributed by atoms with Crippen LogP contribution >= 0.6 is 0 Å². The van der Waals surface area contributed by atoms with Crippen molar-refractivity contribution in [1.29, 1.82) is 0 Å². The van der Waals surface area contributed by atoms with E-state index in [2.05, 4.69) is 34.5 Å². The lowest BCUT2D eigenvalue weighted by Crippen LogP contribution is -2.40. The first-order chi connectivity index (χ1) is 14.7. The minimum atomic E-state index is 0.00349. The van der Waals surface area contributed by atoms with Crippen LogP contribution in [0.3, 0.4) is 0 Å². The van der Waals surface area contributed by atoms with Gasteiger partial charge in [0.15, 0.2) is 11.5 Å². The summed E-state index contributed by atoms with van der Waals surface area (Å²) in [6, 6.07) is 16.1. The molecule has 0 aromatic heterocycles. The summed E-state index contributed by atoms with van der Waals surface area (Å²) in [6.45, 7) is 2.73. The molecular formula is C25H32N2O3. The second-order valence-corrected chi connectivity index (χ2v) is 8.44. The molecule has 4 rings (SSSR count). The number of carbonyl (C=O) groups excluding carboxylic acids is 1. The zero-order valence-corrected chi connectivity index (χ0v) is 17.8. The Morgan fingerprint density at radius 1 is 1.03 bits per heavy atom. The van der Waals surface area contributed by atoms with Crippen molar-refractivity contribution in [1.82, 2.24) is 4.90 Å². The molecule has 1 N–H and O–H groups in total. The lowest BCUT2D eigenvalue weighted by atomic mass is 9.96. The van der Waals surface area contributed by atoms with E-state index in [-0.39, 0.29) is 17.9 Å². The number of hydrogen-bond donors (Lipinski definition) is 1. The number of benzene rings is 2. The van der Waals surface area contributed by atoms with E-state index in [0.29, 0.717) is 5.75 Å². The molecule has 1 aliphatic heterocycles. The van der Waals surface area contributed by atoms with Crippen LogP contribution in [0.25, 0.3) is 0 Å². The number of likely N-dealkylation sites (tertiary alicyclic amines) is 1. The number of nitrogens with one attached hydrogen (secondary N) is 1. The molecule has 2 aromatic carbocycles. The SMILES string of the molecule is COc1ccc(NC(=O)[C@@H]2CCCN(Cc3ccccc3)C2)cc1OC1CCCC1. The van der Waals surface area contributed by atoms with E-state index in [9.17, 15) is 4.79 Å². The second-order valence-electron chi connectivity index (χ2n) is 8.44. The van der Waals surface area contributed by atoms with Crippen LogP contribution in [0.4, 0.5) is 5.69 Å². The third kappa shape index (κ3) is 5.33. The minimum Gasteiger partial charge on any atom is -0.493 e. The van der Waals surface area contributed by atoms with E-state index >= 15 is 0 Å². The third-order valence-corrected chi connectivity index (χ3v) is 6.15. The Kier molecular flexibility index (Phi) is 6.90. The van der Waals surface area contributed by atoms with Crippen LogP contribution in [0.2, 0.25) is 0 Å². The zero-order chi connectivity index (χ0) is 20.8. The number of anilines is 1. The summed E-state index contributed by atoms with van der Waals surface area (Å²) < 4.78 is 11.6. The lowest BCUT2D eigenvalue weighted by molar-refractivity contribution is -0.121. The normalized spacial score (nSPS) is 20.1. The van der Waals surface area contributed by atoms with E-state index in [1.54, 1.807) is 7.11 Å². The summed E-state index contributed by atoms with van der Waals surface area (Å²) in [4.78, 5) is 15.3. The van der Waals surface area contributed by atoms with Crippen LogP contribution in [0.1, 0.15) is 44.1 Å². The molecule has 1 saturated carbocycles. The Hall–Kier alpha value is -2.53. The fourth-order valence-corrected chi connectivity index (χ4v) is 4.53. The van der Waals surface area contributed by atoms with Gasteiger partial charge in [-0.1, -0.05) is 30.3 Å². The van der Waals surface area contributed by atoms with E-state index in [4.69, 9.17) is 9.47 Å². The molecule has 0 unspecified atom stereocenters. The Labute approximate surface area is 179 Å². The quantitative estimate of drug-likeness (QED) is 0.710. The van der Waals surface area contributed by atoms with Crippen LogP contribution in [0, 0.1) is 5.92 Å². The van der Waals surface area contributed by atoms with Gasteiger partial charge in [0.25, 0.3) is 0 Å². The summed E-state index contributed by atoms with van der Waals surface area (Å²) in [6.07, 6.45) is 6.81. The van der Waals surface area contributed by atoms with E-state index in [0.717, 1.165) is 56.8 Å². The van der Waals surface area contributed by atoms with Gasteiger partial charge in [-0.2, -0.15) is 0 Å². The predicted molar refractivity (Wildman–Crippen MR) is 119 cm³/mol. The summed E-state index contributed by atoms with van der Waals surface area (Å²) in [5, 5.41) is 3.11. The maximum absolute atomic E-state index is 13.0. The Balaban J connectivity index is 1.37. The van der Waals surface area contributed by atoms with Gasteiger partial charge in [-0.25, -0.2) is 0 Å². The van der Waals surface area contributed by atoms with Crippen LogP contribution in [-0.4, -0.2) is 37.1 Å². The highest BCUT2D eigenvalue weighted by Crippen LogP contribution is 2.34. The van der Waals surface area contributed by atoms with Crippen molar-refractivity contribution in [2.24, 2.45) is 5.92 Å². The molecule has 5 heteroatoms. The third-order valence-electron chi connectivity index (χ3n) is 6.15. The molecule has 2 fully saturated rings. The average molecular weight is 409 g/mol. The van der Waals surface area contributed by atoms with E-state index in [1.807, 2.05) is 24.3 Å². The number of ether oxygens (including phenoxy) is 2. The average Bonchev–Trinajstić information content (AvgIpc) is 3.28. The molecule has 1 saturated heterocycles. The van der Waals surface area contributed by atoms with E-state index in [1.165, 1.54) is 18.4 Å². The first kappa shape index (κ1) is 20.7. The Bertz CT molecular complexity index is 834. The van der Waals surface area contributed by atoms with Crippen LogP contribution in [0.5, 0.6) is 11.5 Å². The molecule has 0 radical (unpaired) electrons. The highest BCUT2D eigenvalue weighted by atomic mass is 16.5. The summed E-state index contributed by atoms with van der Waals surface area (Å²) >= 11 is 0. The molecule has 0 spiro atoms. The Morgan fingerprint density at radius 2 is 1.83 bits per heavy atom. The van der Waals surface area contributed by atoms with Gasteiger partial charge in [-0.15, -0.1) is 0 Å². The van der Waals surface area contributed by atoms with Crippen molar-refractivity contribution in [2.75, 3.05) is 25.5 Å². The molecule has 1 atom stereocenters. The van der Waals surface area contributed by atoms with Gasteiger partial charge in [-0.3, -0.25) is 9.69 Å². The highest BCUT2D eigenvalue weighted by Gasteiger charge is 2.26. The molecule has 30 heavy (non-hydrogen) atoms. The van der Waals surface area contributed by atoms with Gasteiger partial charge in [-0.05, 0) is 62.8 Å². The summed E-state index contributed by atoms with van der Waals surface area (Å²) in [5.41, 5.74) is 2.07. The number of piperidine rings is 1. The number of hydrogen-bond acceptors (Lipinski definition) is 4. The minimum absolute atomic E-state index is 0.00349. The zero-order valence-electron chi connectivity index (χ0n) is 17.8. The molecule has 1 amide bonds. The largest absolute Gasteiger partial charge is 0.493 e. The smallest absolute Gasteiger partial charge is 0.228 e. The molecule has 0 bridgehead atoms. The van der Waals surface area contributed by atoms with Gasteiger partial charge in [0, 0.05) is 24.8 Å². The molecular weight excluding hydrogens is 376 g/mol. The van der Waals surface area contributed by atoms with Crippen molar-refractivity contribution in [3.8, 4) is 11.5 Å². The van der Waals surface area contributed by atoms with Gasteiger partial charge >= 0.3 is 0 Å². The van der Waals surface area contributed by atoms with Crippen LogP contribution in [-0.2, 0) is 11.3 Å². The molecule has 2 aliphatic rings. The van der Waals surface area contributed by atoms with Crippen LogP contribution in [0.15, 0.2) is 48.5 Å². The first-order valence-electron chi connectivity index (χ1n) is 11.1. The van der Waals surface area contributed by atoms with Crippen molar-refractivity contribution < 1.29 is 14.3 Å². The maximum atomic E-state index is 13.0. The standard InChI is InChI=1S/C25H32N2O3/c1-29-23-14-13-21(16-24(23)30-22-11-5-6-12-22)26-25(28)20-10-7-15-27(18-20)17-19-8-3-2-4-9-19/h2-4,8-9,13-14,16,20,22H,5-7,10-12,15,17-18H2,1H3,(H,26,28)/t20-/m1/s1. The first-order valence-corrected chi connectivity index (χ1v) is 11.1. The lowest BCUT2D eigenvalue weighted by Gasteiger charge is -2.32. The predicted octanol–water partition coefficient (Wildman–Crippen LogP) is 4.87. The van der Waals surface area contributed by atoms with Crippen molar-refractivity contribution in [2.45, 2.75) is 51.2 Å². The highest BCUT2D eigenvalue weighted by molar-refractivity contribution is 5.93. The van der Waals surface area contributed by atoms with Crippen molar-refractivity contribution in [3.05, 3.63) is 54.1 Å². The number of rotatable bonds is 7. The molecule has 5 nitrogen and oxygen atoms in total. The monoisotopic (exact) mass is 408 g/mol. The van der Waals surface area contributed by atoms with Gasteiger partial charge in [0.05, 0.1) is 19.1 Å². The number of nitrogens with zero attached hydrogens (tertiary/aromatic N) is 1. The molecule has 1 aliphatic carbocycles. The number of carbonyl (C=O) groups is 1. The van der Waals surface area contributed by atoms with Crippen molar-refractivity contribution >= 4 is 11.6 Å². The number of amides is 1. The summed E-state index contributed by atoms with van der Waals surface area (Å²) in [7, 11) is 1.65. The topological polar surface area (TPSA) is 50.8 Å². The van der Waals surface area contributed by atoms with Crippen LogP contribution < -0.4 is 14.8 Å². The fourth-order valence-electron chi connectivity index (χ4n) is 4.53. The molecule has 160 valence electrons. The van der Waals surface area contributed by atoms with Gasteiger partial charge < -0.3 is 14.8 Å². The second kappa shape index (κ2) is 9.98. The van der Waals surface area contributed by atoms with Crippen molar-refractivity contribution in [3.63, 3.8) is 0 Å². The molecule has 1 heterocycles. The maximum Gasteiger partial charge on any atom is 0.228 e. The summed E-state index contributed by atoms with van der Waals surface area (Å²) in [5.74, 6) is 1.52.